The molecule has 1 atom stereocenters. The Kier molecular flexibility index (Phi) is 4.14. The van der Waals surface area contributed by atoms with Crippen LogP contribution < -0.4 is 0 Å². The van der Waals surface area contributed by atoms with E-state index in [0.717, 1.165) is 30.7 Å². The van der Waals surface area contributed by atoms with E-state index >= 15 is 0 Å². The lowest BCUT2D eigenvalue weighted by atomic mass is 10.1. The molecule has 0 amide bonds. The molecule has 0 bridgehead atoms. The molecule has 0 aliphatic carbocycles. The average Bonchev–Trinajstić information content (AvgIpc) is 3.05. The minimum absolute atomic E-state index is 0.0560. The quantitative estimate of drug-likeness (QED) is 0.745. The molecule has 1 saturated heterocycles. The summed E-state index contributed by atoms with van der Waals surface area (Å²) in [6.45, 7) is 1.39. The van der Waals surface area contributed by atoms with E-state index in [-0.39, 0.29) is 6.29 Å². The molecule has 3 heteroatoms. The minimum atomic E-state index is -0.0560. The Labute approximate surface area is 136 Å². The molecule has 1 aliphatic rings. The lowest BCUT2D eigenvalue weighted by molar-refractivity contribution is -0.168. The maximum atomic E-state index is 5.97. The first-order valence-corrected chi connectivity index (χ1v) is 8.29. The number of H-pyrrole nitrogens is 1. The van der Waals surface area contributed by atoms with Crippen molar-refractivity contribution in [2.75, 3.05) is 6.61 Å². The molecular weight excluding hydrogens is 286 g/mol. The Balaban J connectivity index is 1.58. The highest BCUT2D eigenvalue weighted by Crippen LogP contribution is 2.28. The van der Waals surface area contributed by atoms with Crippen LogP contribution in [-0.2, 0) is 16.1 Å². The Bertz CT molecular complexity index is 754. The van der Waals surface area contributed by atoms with Crippen molar-refractivity contribution >= 4 is 10.9 Å². The van der Waals surface area contributed by atoms with Gasteiger partial charge in [0, 0.05) is 28.8 Å². The van der Waals surface area contributed by atoms with Crippen LogP contribution in [0.1, 0.15) is 24.8 Å². The van der Waals surface area contributed by atoms with Gasteiger partial charge in [0.05, 0.1) is 6.61 Å². The highest BCUT2D eigenvalue weighted by molar-refractivity contribution is 5.86. The van der Waals surface area contributed by atoms with Crippen molar-refractivity contribution in [1.29, 1.82) is 0 Å². The lowest BCUT2D eigenvalue weighted by Crippen LogP contribution is -2.22. The van der Waals surface area contributed by atoms with Gasteiger partial charge in [-0.15, -0.1) is 0 Å². The lowest BCUT2D eigenvalue weighted by Gasteiger charge is -2.23. The molecule has 2 heterocycles. The van der Waals surface area contributed by atoms with Crippen LogP contribution in [-0.4, -0.2) is 17.9 Å². The number of benzene rings is 2. The summed E-state index contributed by atoms with van der Waals surface area (Å²) in [7, 11) is 0. The molecule has 3 nitrogen and oxygen atoms in total. The molecule has 1 aliphatic heterocycles. The van der Waals surface area contributed by atoms with Crippen molar-refractivity contribution in [3.05, 3.63) is 60.2 Å². The zero-order chi connectivity index (χ0) is 15.5. The van der Waals surface area contributed by atoms with E-state index in [2.05, 4.69) is 59.6 Å². The van der Waals surface area contributed by atoms with E-state index in [0.29, 0.717) is 6.61 Å². The van der Waals surface area contributed by atoms with E-state index in [1.807, 2.05) is 0 Å². The zero-order valence-corrected chi connectivity index (χ0v) is 13.1. The predicted molar refractivity (Wildman–Crippen MR) is 92.1 cm³/mol. The van der Waals surface area contributed by atoms with Crippen LogP contribution in [0, 0.1) is 0 Å². The Morgan fingerprint density at radius 3 is 2.78 bits per heavy atom. The van der Waals surface area contributed by atoms with Gasteiger partial charge >= 0.3 is 0 Å². The van der Waals surface area contributed by atoms with E-state index in [4.69, 9.17) is 9.47 Å². The third-order valence-corrected chi connectivity index (χ3v) is 4.40. The predicted octanol–water partition coefficient (Wildman–Crippen LogP) is 4.88. The first-order valence-electron chi connectivity index (χ1n) is 8.29. The fraction of sp³-hybridized carbons (Fsp3) is 0.300. The second-order valence-electron chi connectivity index (χ2n) is 6.03. The maximum Gasteiger partial charge on any atom is 0.158 e. The molecule has 4 rings (SSSR count). The second kappa shape index (κ2) is 6.57. The van der Waals surface area contributed by atoms with Crippen LogP contribution in [0.25, 0.3) is 22.2 Å². The summed E-state index contributed by atoms with van der Waals surface area (Å²) in [5.74, 6) is 0. The van der Waals surface area contributed by atoms with Crippen LogP contribution in [0.4, 0.5) is 0 Å². The van der Waals surface area contributed by atoms with Crippen molar-refractivity contribution < 1.29 is 9.47 Å². The molecule has 2 aromatic carbocycles. The van der Waals surface area contributed by atoms with Crippen LogP contribution in [0.5, 0.6) is 0 Å². The molecule has 0 saturated carbocycles. The summed E-state index contributed by atoms with van der Waals surface area (Å²) in [6.07, 6.45) is 3.27. The third kappa shape index (κ3) is 3.16. The van der Waals surface area contributed by atoms with Gasteiger partial charge in [0.1, 0.15) is 0 Å². The molecule has 0 radical (unpaired) electrons. The van der Waals surface area contributed by atoms with Gasteiger partial charge in [0.25, 0.3) is 0 Å². The van der Waals surface area contributed by atoms with Crippen molar-refractivity contribution in [1.82, 2.24) is 4.98 Å². The number of aromatic amines is 1. The van der Waals surface area contributed by atoms with Crippen LogP contribution >= 0.6 is 0 Å². The average molecular weight is 307 g/mol. The van der Waals surface area contributed by atoms with Crippen LogP contribution in [0.15, 0.2) is 54.6 Å². The van der Waals surface area contributed by atoms with E-state index in [9.17, 15) is 0 Å². The number of nitrogens with one attached hydrogen (secondary N) is 1. The number of hydrogen-bond donors (Lipinski definition) is 1. The fourth-order valence-corrected chi connectivity index (χ4v) is 3.15. The van der Waals surface area contributed by atoms with Gasteiger partial charge in [-0.1, -0.05) is 42.5 Å². The Morgan fingerprint density at radius 1 is 1.04 bits per heavy atom. The van der Waals surface area contributed by atoms with E-state index in [1.54, 1.807) is 0 Å². The summed E-state index contributed by atoms with van der Waals surface area (Å²) in [4.78, 5) is 3.50. The van der Waals surface area contributed by atoms with Gasteiger partial charge in [-0.05, 0) is 37.0 Å². The smallest absolute Gasteiger partial charge is 0.158 e. The van der Waals surface area contributed by atoms with Crippen LogP contribution in [0.2, 0.25) is 0 Å². The monoisotopic (exact) mass is 307 g/mol. The van der Waals surface area contributed by atoms with Gasteiger partial charge < -0.3 is 14.5 Å². The second-order valence-corrected chi connectivity index (χ2v) is 6.03. The van der Waals surface area contributed by atoms with Gasteiger partial charge in [0.15, 0.2) is 6.29 Å². The zero-order valence-electron chi connectivity index (χ0n) is 13.1. The molecular formula is C20H21NO2. The Morgan fingerprint density at radius 2 is 1.91 bits per heavy atom. The maximum absolute atomic E-state index is 5.97. The highest BCUT2D eigenvalue weighted by Gasteiger charge is 2.15. The van der Waals surface area contributed by atoms with Crippen molar-refractivity contribution in [3.8, 4) is 11.3 Å². The van der Waals surface area contributed by atoms with Gasteiger partial charge in [-0.2, -0.15) is 0 Å². The Hall–Kier alpha value is -2.10. The topological polar surface area (TPSA) is 34.2 Å². The fourth-order valence-electron chi connectivity index (χ4n) is 3.15. The molecule has 1 fully saturated rings. The minimum Gasteiger partial charge on any atom is -0.355 e. The molecule has 118 valence electrons. The van der Waals surface area contributed by atoms with Crippen molar-refractivity contribution in [2.24, 2.45) is 0 Å². The summed E-state index contributed by atoms with van der Waals surface area (Å²) >= 11 is 0. The highest BCUT2D eigenvalue weighted by atomic mass is 16.7. The molecule has 0 spiro atoms. The molecule has 23 heavy (non-hydrogen) atoms. The number of hydrogen-bond acceptors (Lipinski definition) is 2. The number of para-hydroxylation sites is 1. The summed E-state index contributed by atoms with van der Waals surface area (Å²) in [5.41, 5.74) is 4.68. The van der Waals surface area contributed by atoms with Gasteiger partial charge in [-0.3, -0.25) is 0 Å². The van der Waals surface area contributed by atoms with Gasteiger partial charge in [0.2, 0.25) is 0 Å². The normalized spacial score (nSPS) is 18.3. The van der Waals surface area contributed by atoms with Crippen molar-refractivity contribution in [2.45, 2.75) is 32.2 Å². The molecule has 3 aromatic rings. The largest absolute Gasteiger partial charge is 0.355 e. The van der Waals surface area contributed by atoms with Crippen LogP contribution in [0.3, 0.4) is 0 Å². The number of aromatic nitrogens is 1. The first kappa shape index (κ1) is 14.5. The molecule has 1 aromatic heterocycles. The van der Waals surface area contributed by atoms with Crippen molar-refractivity contribution in [3.63, 3.8) is 0 Å². The summed E-state index contributed by atoms with van der Waals surface area (Å²) < 4.78 is 11.6. The molecule has 1 N–H and O–H groups in total. The SMILES string of the molecule is c1ccc(-c2cc3ccccc3[nH]2)c(COC2CCCCO2)c1. The van der Waals surface area contributed by atoms with E-state index < -0.39 is 0 Å². The number of fused-ring (bicyclic) bond motifs is 1. The standard InChI is InChI=1S/C20H21NO2/c1-3-9-17(19-13-15-7-2-4-10-18(15)21-19)16(8-1)14-23-20-11-5-6-12-22-20/h1-4,7-10,13,20-21H,5-6,11-12,14H2. The number of ether oxygens (including phenoxy) is 2. The summed E-state index contributed by atoms with van der Waals surface area (Å²) in [6, 6.07) is 19.0. The first-order chi connectivity index (χ1) is 11.4. The third-order valence-electron chi connectivity index (χ3n) is 4.40. The van der Waals surface area contributed by atoms with E-state index in [1.165, 1.54) is 22.9 Å². The van der Waals surface area contributed by atoms with Gasteiger partial charge in [-0.25, -0.2) is 0 Å². The molecule has 1 unspecified atom stereocenters. The number of rotatable bonds is 4. The summed E-state index contributed by atoms with van der Waals surface area (Å²) in [5, 5.41) is 1.23.